The van der Waals surface area contributed by atoms with Crippen molar-refractivity contribution in [2.45, 2.75) is 142 Å². The summed E-state index contributed by atoms with van der Waals surface area (Å²) >= 11 is 0. The highest BCUT2D eigenvalue weighted by molar-refractivity contribution is 7.42. The number of hydrogen-bond acceptors (Lipinski definition) is 4. The van der Waals surface area contributed by atoms with E-state index < -0.39 is 8.60 Å². The lowest BCUT2D eigenvalue weighted by Gasteiger charge is -2.18. The molecule has 0 saturated carbocycles. The normalized spacial score (nSPS) is 12.1. The summed E-state index contributed by atoms with van der Waals surface area (Å²) in [6.07, 6.45) is 25.0. The third-order valence-electron chi connectivity index (χ3n) is 7.44. The molecule has 232 valence electrons. The van der Waals surface area contributed by atoms with Crippen LogP contribution in [-0.2, 0) is 9.26 Å². The topological polar surface area (TPSA) is 36.9 Å². The second kappa shape index (κ2) is 26.1. The van der Waals surface area contributed by atoms with Crippen molar-refractivity contribution in [1.82, 2.24) is 0 Å². The van der Waals surface area contributed by atoms with Gasteiger partial charge in [0.2, 0.25) is 0 Å². The lowest BCUT2D eigenvalue weighted by atomic mass is 10.0. The Morgan fingerprint density at radius 1 is 0.488 bits per heavy atom. The van der Waals surface area contributed by atoms with E-state index in [4.69, 9.17) is 18.3 Å². The van der Waals surface area contributed by atoms with Crippen molar-refractivity contribution < 1.29 is 18.3 Å². The predicted molar refractivity (Wildman–Crippen MR) is 176 cm³/mol. The van der Waals surface area contributed by atoms with E-state index in [1.165, 1.54) is 109 Å². The Bertz CT molecular complexity index is 762. The quantitative estimate of drug-likeness (QED) is 0.0734. The first-order chi connectivity index (χ1) is 20.3. The molecule has 1 atom stereocenters. The van der Waals surface area contributed by atoms with Crippen molar-refractivity contribution in [1.29, 1.82) is 0 Å². The van der Waals surface area contributed by atoms with Gasteiger partial charge in [-0.25, -0.2) is 0 Å². The average Bonchev–Trinajstić information content (AvgIpc) is 3.00. The monoisotopic (exact) mass is 586 g/mol. The Kier molecular flexibility index (Phi) is 22.6. The van der Waals surface area contributed by atoms with Gasteiger partial charge in [0.15, 0.2) is 0 Å². The largest absolute Gasteiger partial charge is 0.463 e. The van der Waals surface area contributed by atoms with E-state index in [1.807, 2.05) is 60.7 Å². The van der Waals surface area contributed by atoms with Gasteiger partial charge in [0.1, 0.15) is 11.5 Å². The van der Waals surface area contributed by atoms with Crippen LogP contribution >= 0.6 is 8.60 Å². The minimum absolute atomic E-state index is 0.433. The van der Waals surface area contributed by atoms with Crippen molar-refractivity contribution in [2.24, 2.45) is 0 Å². The van der Waals surface area contributed by atoms with Crippen LogP contribution in [0.5, 0.6) is 11.5 Å². The van der Waals surface area contributed by atoms with Crippen LogP contribution in [-0.4, -0.2) is 19.3 Å². The molecule has 0 fully saturated rings. The van der Waals surface area contributed by atoms with Crippen LogP contribution in [0.3, 0.4) is 0 Å². The minimum atomic E-state index is -1.49. The summed E-state index contributed by atoms with van der Waals surface area (Å²) in [6.45, 7) is 6.15. The number of ether oxygens (including phenoxy) is 1. The highest BCUT2D eigenvalue weighted by atomic mass is 31.2. The number of para-hydroxylation sites is 2. The molecule has 0 amide bonds. The Morgan fingerprint density at radius 3 is 1.44 bits per heavy atom. The zero-order chi connectivity index (χ0) is 29.1. The molecule has 2 aromatic rings. The van der Waals surface area contributed by atoms with Crippen LogP contribution in [0.2, 0.25) is 0 Å². The van der Waals surface area contributed by atoms with Gasteiger partial charge >= 0.3 is 8.60 Å². The molecule has 4 nitrogen and oxygen atoms in total. The maximum Gasteiger partial charge on any atom is 0.463 e. The molecule has 0 radical (unpaired) electrons. The molecule has 0 aliphatic carbocycles. The molecule has 0 bridgehead atoms. The molecule has 0 heterocycles. The second-order valence-electron chi connectivity index (χ2n) is 11.2. The van der Waals surface area contributed by atoms with Crippen molar-refractivity contribution >= 4 is 8.60 Å². The minimum Gasteiger partial charge on any atom is -0.418 e. The molecule has 5 heteroatoms. The smallest absolute Gasteiger partial charge is 0.418 e. The fourth-order valence-electron chi connectivity index (χ4n) is 4.95. The molecule has 0 saturated heterocycles. The van der Waals surface area contributed by atoms with Gasteiger partial charge in [0, 0.05) is 6.61 Å². The van der Waals surface area contributed by atoms with Crippen LogP contribution in [0.1, 0.15) is 136 Å². The summed E-state index contributed by atoms with van der Waals surface area (Å²) in [6, 6.07) is 19.5. The zero-order valence-electron chi connectivity index (χ0n) is 26.3. The van der Waals surface area contributed by atoms with E-state index in [0.717, 1.165) is 30.9 Å². The maximum absolute atomic E-state index is 6.38. The van der Waals surface area contributed by atoms with E-state index in [9.17, 15) is 0 Å². The van der Waals surface area contributed by atoms with Crippen molar-refractivity contribution in [3.63, 3.8) is 0 Å². The highest BCUT2D eigenvalue weighted by Gasteiger charge is 2.17. The summed E-state index contributed by atoms with van der Waals surface area (Å²) in [5.41, 5.74) is 0. The van der Waals surface area contributed by atoms with E-state index in [1.54, 1.807) is 0 Å². The number of benzene rings is 2. The summed E-state index contributed by atoms with van der Waals surface area (Å²) in [7, 11) is -1.49. The summed E-state index contributed by atoms with van der Waals surface area (Å²) in [5.74, 6) is 1.53. The van der Waals surface area contributed by atoms with E-state index in [2.05, 4.69) is 13.8 Å². The summed E-state index contributed by atoms with van der Waals surface area (Å²) in [4.78, 5) is 0. The van der Waals surface area contributed by atoms with Crippen LogP contribution in [0.4, 0.5) is 0 Å². The summed E-state index contributed by atoms with van der Waals surface area (Å²) < 4.78 is 24.5. The second-order valence-corrected chi connectivity index (χ2v) is 12.3. The van der Waals surface area contributed by atoms with Gasteiger partial charge in [-0.1, -0.05) is 147 Å². The predicted octanol–water partition coefficient (Wildman–Crippen LogP) is 12.2. The van der Waals surface area contributed by atoms with Crippen LogP contribution in [0.15, 0.2) is 60.7 Å². The first kappa shape index (κ1) is 35.6. The lowest BCUT2D eigenvalue weighted by molar-refractivity contribution is 0.0357. The molecule has 2 rings (SSSR count). The van der Waals surface area contributed by atoms with Crippen LogP contribution in [0, 0.1) is 0 Å². The van der Waals surface area contributed by atoms with Crippen LogP contribution in [0.25, 0.3) is 0 Å². The zero-order valence-corrected chi connectivity index (χ0v) is 27.2. The molecule has 0 aliphatic rings. The lowest BCUT2D eigenvalue weighted by Crippen LogP contribution is -2.14. The Morgan fingerprint density at radius 2 is 0.902 bits per heavy atom. The molecule has 1 unspecified atom stereocenters. The number of hydrogen-bond donors (Lipinski definition) is 0. The van der Waals surface area contributed by atoms with Gasteiger partial charge in [0.25, 0.3) is 0 Å². The molecule has 0 N–H and O–H groups in total. The van der Waals surface area contributed by atoms with Gasteiger partial charge < -0.3 is 13.8 Å². The Labute approximate surface area is 253 Å². The average molecular weight is 587 g/mol. The van der Waals surface area contributed by atoms with Gasteiger partial charge in [-0.15, -0.1) is 0 Å². The highest BCUT2D eigenvalue weighted by Crippen LogP contribution is 2.41. The molecular weight excluding hydrogens is 527 g/mol. The van der Waals surface area contributed by atoms with Gasteiger partial charge in [0.05, 0.1) is 12.7 Å². The Hall–Kier alpha value is -1.61. The fourth-order valence-corrected chi connectivity index (χ4v) is 5.95. The molecule has 0 aromatic heterocycles. The molecular formula is C36H59O4P. The van der Waals surface area contributed by atoms with Crippen molar-refractivity contribution in [3.05, 3.63) is 60.7 Å². The molecule has 41 heavy (non-hydrogen) atoms. The number of unbranched alkanes of at least 4 members (excludes halogenated alkanes) is 14. The van der Waals surface area contributed by atoms with Gasteiger partial charge in [-0.05, 0) is 49.9 Å². The molecule has 2 aromatic carbocycles. The molecule has 0 aliphatic heterocycles. The number of rotatable bonds is 28. The SMILES string of the molecule is CCCCCCCCCCCCOC(CCCCC)CCCCCCOP(Oc1ccccc1)Oc1ccccc1. The van der Waals surface area contributed by atoms with E-state index in [-0.39, 0.29) is 0 Å². The maximum atomic E-state index is 6.38. The van der Waals surface area contributed by atoms with Gasteiger partial charge in [-0.2, -0.15) is 0 Å². The van der Waals surface area contributed by atoms with E-state index >= 15 is 0 Å². The standard InChI is InChI=1S/C36H59O4P/c1-3-5-7-8-9-10-11-12-14-24-32-37-34(26-18-6-4-2)27-19-13-15-25-33-38-41(39-35-28-20-16-21-29-35)40-36-30-22-17-23-31-36/h16-17,20-23,28-31,34H,3-15,18-19,24-27,32-33H2,1-2H3. The fraction of sp³-hybridized carbons (Fsp3) is 0.667. The van der Waals surface area contributed by atoms with Crippen LogP contribution < -0.4 is 9.05 Å². The third kappa shape index (κ3) is 20.0. The van der Waals surface area contributed by atoms with Crippen molar-refractivity contribution in [3.8, 4) is 11.5 Å². The van der Waals surface area contributed by atoms with E-state index in [0.29, 0.717) is 12.7 Å². The molecule has 0 spiro atoms. The summed E-state index contributed by atoms with van der Waals surface area (Å²) in [5, 5.41) is 0. The first-order valence-corrected chi connectivity index (χ1v) is 17.9. The first-order valence-electron chi connectivity index (χ1n) is 16.8. The Balaban J connectivity index is 1.57. The third-order valence-corrected chi connectivity index (χ3v) is 8.56. The van der Waals surface area contributed by atoms with Gasteiger partial charge in [-0.3, -0.25) is 4.52 Å². The van der Waals surface area contributed by atoms with Crippen molar-refractivity contribution in [2.75, 3.05) is 13.2 Å².